The molecule has 0 aliphatic carbocycles. The summed E-state index contributed by atoms with van der Waals surface area (Å²) in [5, 5.41) is 4.31. The van der Waals surface area contributed by atoms with E-state index in [2.05, 4.69) is 101 Å². The maximum absolute atomic E-state index is 5.94. The lowest BCUT2D eigenvalue weighted by Crippen LogP contribution is -2.36. The molecule has 0 spiro atoms. The Balaban J connectivity index is 1.42. The third kappa shape index (κ3) is 4.46. The number of nitrogens with one attached hydrogen (secondary N) is 1. The van der Waals surface area contributed by atoms with Crippen molar-refractivity contribution in [2.75, 3.05) is 36.1 Å². The molecule has 194 valence electrons. The fourth-order valence-electron chi connectivity index (χ4n) is 5.85. The van der Waals surface area contributed by atoms with Crippen molar-refractivity contribution in [2.24, 2.45) is 0 Å². The Kier molecular flexibility index (Phi) is 6.64. The van der Waals surface area contributed by atoms with Gasteiger partial charge in [0.05, 0.1) is 31.0 Å². The van der Waals surface area contributed by atoms with E-state index in [0.717, 1.165) is 48.5 Å². The molecule has 4 aromatic rings. The number of nitrogens with zero attached hydrogens (tertiary/aromatic N) is 4. The number of benzene rings is 2. The second-order valence-electron chi connectivity index (χ2n) is 10.1. The molecular weight excluding hydrogens is 490 g/mol. The van der Waals surface area contributed by atoms with Crippen molar-refractivity contribution in [2.45, 2.75) is 32.9 Å². The Hall–Kier alpha value is -3.68. The predicted octanol–water partition coefficient (Wildman–Crippen LogP) is 5.81. The van der Waals surface area contributed by atoms with Gasteiger partial charge in [-0.05, 0) is 98.7 Å². The van der Waals surface area contributed by atoms with Crippen LogP contribution in [0.4, 0.5) is 11.4 Å². The van der Waals surface area contributed by atoms with Crippen LogP contribution in [-0.2, 0) is 4.74 Å². The molecule has 2 aliphatic heterocycles. The molecule has 0 unspecified atom stereocenters. The van der Waals surface area contributed by atoms with Crippen LogP contribution >= 0.6 is 12.2 Å². The molecule has 1 N–H and O–H groups in total. The molecule has 6 rings (SSSR count). The standard InChI is InChI=1S/C31H33N5OS/c1-21-7-6-8-26(19-21)36-30(29(33-31(36)38)28-9-4-5-14-32-28)27-20-22(2)35(23(27)3)25-12-10-24(11-13-25)34-15-17-37-18-16-34/h4-14,19-20,29-30H,15-18H2,1-3H3,(H,33,38)/t29-,30-/m1/s1. The maximum Gasteiger partial charge on any atom is 0.174 e. The molecule has 0 radical (unpaired) electrons. The first-order chi connectivity index (χ1) is 18.5. The van der Waals surface area contributed by atoms with Crippen LogP contribution in [0.5, 0.6) is 0 Å². The van der Waals surface area contributed by atoms with Crippen LogP contribution < -0.4 is 15.1 Å². The molecule has 2 fully saturated rings. The van der Waals surface area contributed by atoms with Gasteiger partial charge in [-0.15, -0.1) is 0 Å². The smallest absolute Gasteiger partial charge is 0.174 e. The number of aryl methyl sites for hydroxylation is 2. The van der Waals surface area contributed by atoms with Gasteiger partial charge in [-0.2, -0.15) is 0 Å². The van der Waals surface area contributed by atoms with Gasteiger partial charge in [-0.1, -0.05) is 18.2 Å². The normalized spacial score (nSPS) is 19.6. The molecule has 7 heteroatoms. The van der Waals surface area contributed by atoms with Crippen molar-refractivity contribution in [3.63, 3.8) is 0 Å². The minimum atomic E-state index is -0.0677. The summed E-state index contributed by atoms with van der Waals surface area (Å²) < 4.78 is 7.87. The van der Waals surface area contributed by atoms with E-state index in [1.165, 1.54) is 28.2 Å². The highest BCUT2D eigenvalue weighted by Crippen LogP contribution is 2.44. The lowest BCUT2D eigenvalue weighted by atomic mass is 9.96. The fraction of sp³-hybridized carbons (Fsp3) is 0.290. The third-order valence-electron chi connectivity index (χ3n) is 7.65. The van der Waals surface area contributed by atoms with Crippen LogP contribution in [0.2, 0.25) is 0 Å². The Morgan fingerprint density at radius 2 is 1.63 bits per heavy atom. The number of morpholine rings is 1. The number of ether oxygens (including phenoxy) is 1. The predicted molar refractivity (Wildman–Crippen MR) is 157 cm³/mol. The number of hydrogen-bond acceptors (Lipinski definition) is 4. The summed E-state index contributed by atoms with van der Waals surface area (Å²) in [5.74, 6) is 0. The zero-order valence-corrected chi connectivity index (χ0v) is 22.9. The molecule has 38 heavy (non-hydrogen) atoms. The van der Waals surface area contributed by atoms with Crippen molar-refractivity contribution in [1.82, 2.24) is 14.9 Å². The number of thiocarbonyl (C=S) groups is 1. The molecular formula is C31H33N5OS. The number of aromatic nitrogens is 2. The highest BCUT2D eigenvalue weighted by atomic mass is 32.1. The minimum Gasteiger partial charge on any atom is -0.378 e. The molecule has 4 heterocycles. The van der Waals surface area contributed by atoms with Crippen molar-refractivity contribution in [3.8, 4) is 5.69 Å². The highest BCUT2D eigenvalue weighted by Gasteiger charge is 2.42. The molecule has 0 bridgehead atoms. The molecule has 2 aromatic heterocycles. The summed E-state index contributed by atoms with van der Waals surface area (Å²) in [6, 6.07) is 25.7. The largest absolute Gasteiger partial charge is 0.378 e. The van der Waals surface area contributed by atoms with Gasteiger partial charge in [0.2, 0.25) is 0 Å². The zero-order chi connectivity index (χ0) is 26.2. The monoisotopic (exact) mass is 523 g/mol. The van der Waals surface area contributed by atoms with Crippen LogP contribution in [0.25, 0.3) is 5.69 Å². The zero-order valence-electron chi connectivity index (χ0n) is 22.1. The van der Waals surface area contributed by atoms with E-state index < -0.39 is 0 Å². The van der Waals surface area contributed by atoms with E-state index in [0.29, 0.717) is 0 Å². The summed E-state index contributed by atoms with van der Waals surface area (Å²) in [4.78, 5) is 9.36. The van der Waals surface area contributed by atoms with Crippen LogP contribution in [0.3, 0.4) is 0 Å². The van der Waals surface area contributed by atoms with E-state index in [-0.39, 0.29) is 12.1 Å². The van der Waals surface area contributed by atoms with Crippen LogP contribution in [0.1, 0.15) is 40.3 Å². The van der Waals surface area contributed by atoms with Crippen LogP contribution in [0, 0.1) is 20.8 Å². The summed E-state index contributed by atoms with van der Waals surface area (Å²) in [6.45, 7) is 9.95. The Morgan fingerprint density at radius 3 is 2.34 bits per heavy atom. The average molecular weight is 524 g/mol. The first kappa shape index (κ1) is 24.6. The molecule has 2 atom stereocenters. The quantitative estimate of drug-likeness (QED) is 0.333. The molecule has 6 nitrogen and oxygen atoms in total. The molecule has 2 aromatic carbocycles. The Morgan fingerprint density at radius 1 is 0.868 bits per heavy atom. The van der Waals surface area contributed by atoms with Gasteiger partial charge < -0.3 is 24.4 Å². The van der Waals surface area contributed by atoms with Gasteiger partial charge in [-0.3, -0.25) is 4.98 Å². The van der Waals surface area contributed by atoms with Gasteiger partial charge in [0.1, 0.15) is 0 Å². The first-order valence-corrected chi connectivity index (χ1v) is 13.6. The summed E-state index contributed by atoms with van der Waals surface area (Å²) in [7, 11) is 0. The fourth-order valence-corrected chi connectivity index (χ4v) is 6.19. The number of rotatable bonds is 5. The molecule has 2 aliphatic rings. The summed E-state index contributed by atoms with van der Waals surface area (Å²) >= 11 is 5.94. The van der Waals surface area contributed by atoms with E-state index in [1.807, 2.05) is 18.3 Å². The maximum atomic E-state index is 5.94. The van der Waals surface area contributed by atoms with Gasteiger partial charge >= 0.3 is 0 Å². The second kappa shape index (κ2) is 10.2. The van der Waals surface area contributed by atoms with Crippen LogP contribution in [-0.4, -0.2) is 41.0 Å². The Labute approximate surface area is 229 Å². The van der Waals surface area contributed by atoms with Crippen molar-refractivity contribution < 1.29 is 4.74 Å². The highest BCUT2D eigenvalue weighted by molar-refractivity contribution is 7.80. The van der Waals surface area contributed by atoms with E-state index in [9.17, 15) is 0 Å². The van der Waals surface area contributed by atoms with Gasteiger partial charge in [-0.25, -0.2) is 0 Å². The summed E-state index contributed by atoms with van der Waals surface area (Å²) in [5.41, 5.74) is 9.31. The van der Waals surface area contributed by atoms with Crippen molar-refractivity contribution in [3.05, 3.63) is 107 Å². The lowest BCUT2D eigenvalue weighted by molar-refractivity contribution is 0.122. The molecule has 2 saturated heterocycles. The minimum absolute atomic E-state index is 0.0354. The van der Waals surface area contributed by atoms with Gasteiger partial charge in [0.15, 0.2) is 5.11 Å². The van der Waals surface area contributed by atoms with E-state index in [1.54, 1.807) is 0 Å². The van der Waals surface area contributed by atoms with Crippen molar-refractivity contribution in [1.29, 1.82) is 0 Å². The average Bonchev–Trinajstić information content (AvgIpc) is 3.44. The SMILES string of the molecule is Cc1cccc(N2C(=S)N[C@H](c3ccccn3)[C@H]2c2cc(C)n(-c3ccc(N4CCOCC4)cc3)c2C)c1. The molecule has 0 amide bonds. The third-order valence-corrected chi connectivity index (χ3v) is 7.97. The van der Waals surface area contributed by atoms with Gasteiger partial charge in [0, 0.05) is 47.7 Å². The topological polar surface area (TPSA) is 45.6 Å². The number of pyridine rings is 1. The lowest BCUT2D eigenvalue weighted by Gasteiger charge is -2.29. The Bertz CT molecular complexity index is 1440. The van der Waals surface area contributed by atoms with Crippen molar-refractivity contribution >= 4 is 28.7 Å². The van der Waals surface area contributed by atoms with E-state index >= 15 is 0 Å². The van der Waals surface area contributed by atoms with E-state index in [4.69, 9.17) is 21.9 Å². The first-order valence-electron chi connectivity index (χ1n) is 13.2. The van der Waals surface area contributed by atoms with Gasteiger partial charge in [0.25, 0.3) is 0 Å². The number of anilines is 2. The number of hydrogen-bond donors (Lipinski definition) is 1. The van der Waals surface area contributed by atoms with Crippen LogP contribution in [0.15, 0.2) is 79.0 Å². The second-order valence-corrected chi connectivity index (χ2v) is 10.5. The summed E-state index contributed by atoms with van der Waals surface area (Å²) in [6.07, 6.45) is 1.85. The molecule has 0 saturated carbocycles.